The molecule has 2 aliphatic rings. The maximum absolute atomic E-state index is 12.4. The third-order valence-electron chi connectivity index (χ3n) is 3.74. The molecule has 2 amide bonds. The van der Waals surface area contributed by atoms with Crippen molar-refractivity contribution >= 4 is 17.5 Å². The molecule has 0 aliphatic carbocycles. The molecule has 6 heteroatoms. The van der Waals surface area contributed by atoms with Crippen LogP contribution in [0.4, 0.5) is 5.69 Å². The van der Waals surface area contributed by atoms with E-state index >= 15 is 0 Å². The summed E-state index contributed by atoms with van der Waals surface area (Å²) in [5.74, 6) is 0.0562. The van der Waals surface area contributed by atoms with Crippen LogP contribution in [0.1, 0.15) is 30.1 Å². The zero-order chi connectivity index (χ0) is 14.8. The van der Waals surface area contributed by atoms with E-state index in [0.29, 0.717) is 30.2 Å². The fourth-order valence-electron chi connectivity index (χ4n) is 2.51. The third-order valence-corrected chi connectivity index (χ3v) is 3.74. The van der Waals surface area contributed by atoms with Gasteiger partial charge < -0.3 is 20.1 Å². The minimum absolute atomic E-state index is 0.123. The third kappa shape index (κ3) is 2.85. The van der Waals surface area contributed by atoms with E-state index in [1.54, 1.807) is 25.1 Å². The minimum Gasteiger partial charge on any atom is -0.478 e. The first kappa shape index (κ1) is 13.9. The number of fused-ring (bicyclic) bond motifs is 1. The molecule has 3 rings (SSSR count). The lowest BCUT2D eigenvalue weighted by atomic mass is 10.1. The lowest BCUT2D eigenvalue weighted by Crippen LogP contribution is -2.40. The molecule has 0 unspecified atom stereocenters. The van der Waals surface area contributed by atoms with Crippen molar-refractivity contribution in [3.8, 4) is 5.75 Å². The van der Waals surface area contributed by atoms with E-state index in [4.69, 9.17) is 9.47 Å². The van der Waals surface area contributed by atoms with Crippen molar-refractivity contribution in [3.05, 3.63) is 23.8 Å². The Balaban J connectivity index is 1.80. The Kier molecular flexibility index (Phi) is 3.79. The SMILES string of the molecule is C[C@@H]1Oc2c(cccc2C(=O)NC2CCOCC2)NC1=O. The molecule has 2 heterocycles. The second-order valence-electron chi connectivity index (χ2n) is 5.29. The molecule has 1 saturated heterocycles. The van der Waals surface area contributed by atoms with E-state index in [9.17, 15) is 9.59 Å². The van der Waals surface area contributed by atoms with Gasteiger partial charge in [-0.15, -0.1) is 0 Å². The van der Waals surface area contributed by atoms with E-state index in [-0.39, 0.29) is 17.9 Å². The predicted molar refractivity (Wildman–Crippen MR) is 76.5 cm³/mol. The van der Waals surface area contributed by atoms with Crippen LogP contribution in [0.25, 0.3) is 0 Å². The van der Waals surface area contributed by atoms with Crippen LogP contribution < -0.4 is 15.4 Å². The standard InChI is InChI=1S/C15H18N2O4/c1-9-14(18)17-12-4-2-3-11(13(12)21-9)15(19)16-10-5-7-20-8-6-10/h2-4,9-10H,5-8H2,1H3,(H,16,19)(H,17,18)/t9-/m0/s1. The van der Waals surface area contributed by atoms with E-state index < -0.39 is 6.10 Å². The topological polar surface area (TPSA) is 76.7 Å². The summed E-state index contributed by atoms with van der Waals surface area (Å²) in [5, 5.41) is 5.74. The van der Waals surface area contributed by atoms with Gasteiger partial charge in [-0.25, -0.2) is 0 Å². The van der Waals surface area contributed by atoms with Crippen LogP contribution in [-0.2, 0) is 9.53 Å². The lowest BCUT2D eigenvalue weighted by Gasteiger charge is -2.27. The largest absolute Gasteiger partial charge is 0.478 e. The number of nitrogens with one attached hydrogen (secondary N) is 2. The van der Waals surface area contributed by atoms with E-state index in [1.165, 1.54) is 0 Å². The summed E-state index contributed by atoms with van der Waals surface area (Å²) in [6, 6.07) is 5.29. The summed E-state index contributed by atoms with van der Waals surface area (Å²) in [5.41, 5.74) is 0.989. The zero-order valence-corrected chi connectivity index (χ0v) is 11.8. The van der Waals surface area contributed by atoms with E-state index in [2.05, 4.69) is 10.6 Å². The van der Waals surface area contributed by atoms with E-state index in [0.717, 1.165) is 12.8 Å². The highest BCUT2D eigenvalue weighted by Gasteiger charge is 2.28. The molecule has 0 radical (unpaired) electrons. The van der Waals surface area contributed by atoms with Crippen LogP contribution in [0, 0.1) is 0 Å². The van der Waals surface area contributed by atoms with Gasteiger partial charge in [0.1, 0.15) is 0 Å². The Morgan fingerprint density at radius 3 is 2.86 bits per heavy atom. The Labute approximate surface area is 122 Å². The molecule has 2 N–H and O–H groups in total. The fraction of sp³-hybridized carbons (Fsp3) is 0.467. The van der Waals surface area contributed by atoms with Crippen molar-refractivity contribution in [2.24, 2.45) is 0 Å². The summed E-state index contributed by atoms with van der Waals surface area (Å²) in [6.07, 6.45) is 1.03. The van der Waals surface area contributed by atoms with Crippen molar-refractivity contribution in [2.75, 3.05) is 18.5 Å². The average Bonchev–Trinajstić information content (AvgIpc) is 2.49. The summed E-state index contributed by atoms with van der Waals surface area (Å²) >= 11 is 0. The van der Waals surface area contributed by atoms with Gasteiger partial charge in [-0.2, -0.15) is 0 Å². The smallest absolute Gasteiger partial charge is 0.265 e. The Hall–Kier alpha value is -2.08. The monoisotopic (exact) mass is 290 g/mol. The molecule has 112 valence electrons. The number of ether oxygens (including phenoxy) is 2. The van der Waals surface area contributed by atoms with Crippen LogP contribution in [0.3, 0.4) is 0 Å². The molecule has 0 aromatic heterocycles. The molecular weight excluding hydrogens is 272 g/mol. The second kappa shape index (κ2) is 5.73. The maximum Gasteiger partial charge on any atom is 0.265 e. The molecule has 0 saturated carbocycles. The van der Waals surface area contributed by atoms with Gasteiger partial charge in [0, 0.05) is 19.3 Å². The number of anilines is 1. The lowest BCUT2D eigenvalue weighted by molar-refractivity contribution is -0.122. The number of hydrogen-bond donors (Lipinski definition) is 2. The molecular formula is C15H18N2O4. The molecule has 0 bridgehead atoms. The number of hydrogen-bond acceptors (Lipinski definition) is 4. The highest BCUT2D eigenvalue weighted by molar-refractivity contribution is 6.04. The Bertz CT molecular complexity index is 567. The molecule has 1 aromatic carbocycles. The number of benzene rings is 1. The van der Waals surface area contributed by atoms with E-state index in [1.807, 2.05) is 0 Å². The molecule has 21 heavy (non-hydrogen) atoms. The normalized spacial score (nSPS) is 22.0. The molecule has 0 spiro atoms. The van der Waals surface area contributed by atoms with Gasteiger partial charge in [0.25, 0.3) is 11.8 Å². The Morgan fingerprint density at radius 2 is 2.10 bits per heavy atom. The van der Waals surface area contributed by atoms with Gasteiger partial charge in [-0.05, 0) is 31.9 Å². The van der Waals surface area contributed by atoms with Crippen LogP contribution in [0.15, 0.2) is 18.2 Å². The number of para-hydroxylation sites is 1. The first-order valence-electron chi connectivity index (χ1n) is 7.14. The molecule has 1 atom stereocenters. The quantitative estimate of drug-likeness (QED) is 0.861. The fourth-order valence-corrected chi connectivity index (χ4v) is 2.51. The van der Waals surface area contributed by atoms with Crippen molar-refractivity contribution in [1.29, 1.82) is 0 Å². The van der Waals surface area contributed by atoms with Gasteiger partial charge in [0.05, 0.1) is 11.3 Å². The van der Waals surface area contributed by atoms with Crippen LogP contribution in [0.2, 0.25) is 0 Å². The molecule has 2 aliphatic heterocycles. The molecule has 6 nitrogen and oxygen atoms in total. The van der Waals surface area contributed by atoms with Crippen LogP contribution in [-0.4, -0.2) is 37.2 Å². The van der Waals surface area contributed by atoms with Crippen LogP contribution in [0.5, 0.6) is 5.75 Å². The summed E-state index contributed by atoms with van der Waals surface area (Å²) < 4.78 is 10.9. The van der Waals surface area contributed by atoms with Crippen molar-refractivity contribution in [1.82, 2.24) is 5.32 Å². The zero-order valence-electron chi connectivity index (χ0n) is 11.8. The summed E-state index contributed by atoms with van der Waals surface area (Å²) in [6.45, 7) is 2.99. The van der Waals surface area contributed by atoms with Gasteiger partial charge >= 0.3 is 0 Å². The maximum atomic E-state index is 12.4. The Morgan fingerprint density at radius 1 is 1.33 bits per heavy atom. The van der Waals surface area contributed by atoms with Crippen molar-refractivity contribution in [2.45, 2.75) is 31.9 Å². The number of rotatable bonds is 2. The second-order valence-corrected chi connectivity index (χ2v) is 5.29. The molecule has 1 fully saturated rings. The summed E-state index contributed by atoms with van der Waals surface area (Å²) in [7, 11) is 0. The van der Waals surface area contributed by atoms with Crippen molar-refractivity contribution in [3.63, 3.8) is 0 Å². The van der Waals surface area contributed by atoms with Gasteiger partial charge in [-0.1, -0.05) is 6.07 Å². The first-order valence-corrected chi connectivity index (χ1v) is 7.14. The molecule has 1 aromatic rings. The van der Waals surface area contributed by atoms with Gasteiger partial charge in [0.2, 0.25) is 0 Å². The number of amides is 2. The first-order chi connectivity index (χ1) is 10.1. The highest BCUT2D eigenvalue weighted by Crippen LogP contribution is 2.33. The highest BCUT2D eigenvalue weighted by atomic mass is 16.5. The predicted octanol–water partition coefficient (Wildman–Crippen LogP) is 1.31. The van der Waals surface area contributed by atoms with Crippen molar-refractivity contribution < 1.29 is 19.1 Å². The van der Waals surface area contributed by atoms with Gasteiger partial charge in [-0.3, -0.25) is 9.59 Å². The average molecular weight is 290 g/mol. The minimum atomic E-state index is -0.602. The van der Waals surface area contributed by atoms with Crippen LogP contribution >= 0.6 is 0 Å². The number of carbonyl (C=O) groups is 2. The number of carbonyl (C=O) groups excluding carboxylic acids is 2. The van der Waals surface area contributed by atoms with Gasteiger partial charge in [0.15, 0.2) is 11.9 Å². The summed E-state index contributed by atoms with van der Waals surface area (Å²) in [4.78, 5) is 24.0.